The van der Waals surface area contributed by atoms with Crippen LogP contribution in [0.3, 0.4) is 0 Å². The predicted molar refractivity (Wildman–Crippen MR) is 78.7 cm³/mol. The Bertz CT molecular complexity index is 446. The van der Waals surface area contributed by atoms with Gasteiger partial charge in [-0.2, -0.15) is 11.8 Å². The van der Waals surface area contributed by atoms with Crippen molar-refractivity contribution in [2.45, 2.75) is 13.0 Å². The first-order valence-electron chi connectivity index (χ1n) is 5.83. The lowest BCUT2D eigenvalue weighted by Gasteiger charge is -2.32. The number of carbonyl (C=O) groups excluding carboxylic acids is 1. The van der Waals surface area contributed by atoms with Crippen LogP contribution < -0.4 is 10.6 Å². The predicted octanol–water partition coefficient (Wildman–Crippen LogP) is 1.37. The third-order valence-electron chi connectivity index (χ3n) is 2.85. The molecule has 0 spiro atoms. The van der Waals surface area contributed by atoms with Gasteiger partial charge in [-0.25, -0.2) is 4.98 Å². The van der Waals surface area contributed by atoms with Crippen LogP contribution in [0, 0.1) is 0 Å². The number of anilines is 2. The van der Waals surface area contributed by atoms with Crippen molar-refractivity contribution in [2.24, 2.45) is 0 Å². The van der Waals surface area contributed by atoms with E-state index in [2.05, 4.69) is 11.9 Å². The van der Waals surface area contributed by atoms with Gasteiger partial charge in [-0.3, -0.25) is 4.79 Å². The molecule has 1 aromatic rings. The summed E-state index contributed by atoms with van der Waals surface area (Å²) in [5.41, 5.74) is 5.85. The van der Waals surface area contributed by atoms with E-state index in [1.54, 1.807) is 0 Å². The van der Waals surface area contributed by atoms with Crippen molar-refractivity contribution >= 4 is 40.0 Å². The summed E-state index contributed by atoms with van der Waals surface area (Å²) in [6.07, 6.45) is 0. The molecule has 0 radical (unpaired) electrons. The number of hydrogen-bond acceptors (Lipinski definition) is 6. The van der Waals surface area contributed by atoms with Crippen molar-refractivity contribution in [3.63, 3.8) is 0 Å². The van der Waals surface area contributed by atoms with Gasteiger partial charge in [0.15, 0.2) is 5.13 Å². The fourth-order valence-electron chi connectivity index (χ4n) is 1.82. The van der Waals surface area contributed by atoms with Gasteiger partial charge in [-0.15, -0.1) is 0 Å². The molecule has 0 saturated carbocycles. The number of hydrogen-bond donors (Lipinski definition) is 1. The Labute approximate surface area is 115 Å². The third kappa shape index (κ3) is 2.56. The average molecular weight is 286 g/mol. The number of amides is 1. The van der Waals surface area contributed by atoms with Crippen LogP contribution in [0.25, 0.3) is 0 Å². The van der Waals surface area contributed by atoms with Crippen LogP contribution in [0.2, 0.25) is 0 Å². The van der Waals surface area contributed by atoms with Gasteiger partial charge in [0.2, 0.25) is 0 Å². The molecule has 1 amide bonds. The molecule has 2 rings (SSSR count). The minimum atomic E-state index is 0.0194. The van der Waals surface area contributed by atoms with Crippen molar-refractivity contribution in [3.8, 4) is 0 Å². The maximum Gasteiger partial charge on any atom is 0.268 e. The summed E-state index contributed by atoms with van der Waals surface area (Å²) in [6, 6.07) is 0.264. The second kappa shape index (κ2) is 5.36. The molecular formula is C11H18N4OS2. The molecule has 1 aromatic heterocycles. The molecule has 1 saturated heterocycles. The van der Waals surface area contributed by atoms with Crippen molar-refractivity contribution in [2.75, 3.05) is 42.8 Å². The molecule has 1 atom stereocenters. The number of rotatable bonds is 2. The summed E-state index contributed by atoms with van der Waals surface area (Å²) >= 11 is 3.25. The van der Waals surface area contributed by atoms with Gasteiger partial charge >= 0.3 is 0 Å². The lowest BCUT2D eigenvalue weighted by molar-refractivity contribution is 0.0722. The second-order valence-electron chi connectivity index (χ2n) is 4.53. The molecule has 2 N–H and O–H groups in total. The average Bonchev–Trinajstić information content (AvgIpc) is 2.71. The number of thiazole rings is 1. The Morgan fingerprint density at radius 2 is 2.28 bits per heavy atom. The van der Waals surface area contributed by atoms with E-state index in [9.17, 15) is 4.79 Å². The maximum absolute atomic E-state index is 12.5. The van der Waals surface area contributed by atoms with Crippen LogP contribution in [0.1, 0.15) is 16.6 Å². The molecular weight excluding hydrogens is 268 g/mol. The van der Waals surface area contributed by atoms with E-state index in [4.69, 9.17) is 5.73 Å². The van der Waals surface area contributed by atoms with Gasteiger partial charge < -0.3 is 15.5 Å². The van der Waals surface area contributed by atoms with Crippen molar-refractivity contribution in [1.29, 1.82) is 0 Å². The molecule has 100 valence electrons. The smallest absolute Gasteiger partial charge is 0.268 e. The summed E-state index contributed by atoms with van der Waals surface area (Å²) < 4.78 is 0. The summed E-state index contributed by atoms with van der Waals surface area (Å²) in [5.74, 6) is 2.35. The van der Waals surface area contributed by atoms with E-state index >= 15 is 0 Å². The highest BCUT2D eigenvalue weighted by Gasteiger charge is 2.28. The number of nitrogen functional groups attached to an aromatic ring is 1. The number of carbonyl (C=O) groups is 1. The zero-order valence-corrected chi connectivity index (χ0v) is 12.5. The summed E-state index contributed by atoms with van der Waals surface area (Å²) in [6.45, 7) is 2.87. The summed E-state index contributed by atoms with van der Waals surface area (Å²) in [7, 11) is 3.79. The summed E-state index contributed by atoms with van der Waals surface area (Å²) in [4.78, 5) is 21.0. The molecule has 1 fully saturated rings. The highest BCUT2D eigenvalue weighted by molar-refractivity contribution is 7.99. The molecule has 2 heterocycles. The van der Waals surface area contributed by atoms with Crippen LogP contribution in [0.4, 0.5) is 10.9 Å². The van der Waals surface area contributed by atoms with Crippen LogP contribution in [0.15, 0.2) is 0 Å². The van der Waals surface area contributed by atoms with E-state index in [-0.39, 0.29) is 11.9 Å². The van der Waals surface area contributed by atoms with Crippen LogP contribution in [-0.4, -0.2) is 54.0 Å². The minimum absolute atomic E-state index is 0.0194. The highest BCUT2D eigenvalue weighted by atomic mass is 32.2. The zero-order chi connectivity index (χ0) is 13.3. The lowest BCUT2D eigenvalue weighted by atomic mass is 10.3. The minimum Gasteiger partial charge on any atom is -0.382 e. The fraction of sp³-hybridized carbons (Fsp3) is 0.636. The van der Waals surface area contributed by atoms with Gasteiger partial charge in [0, 0.05) is 38.2 Å². The number of thioether (sulfide) groups is 1. The van der Waals surface area contributed by atoms with Crippen molar-refractivity contribution in [1.82, 2.24) is 9.88 Å². The summed E-state index contributed by atoms with van der Waals surface area (Å²) in [5, 5.41) is 0.773. The fourth-order valence-corrected chi connectivity index (χ4v) is 3.70. The monoisotopic (exact) mass is 286 g/mol. The molecule has 1 aliphatic heterocycles. The quantitative estimate of drug-likeness (QED) is 0.889. The van der Waals surface area contributed by atoms with Crippen molar-refractivity contribution in [3.05, 3.63) is 4.88 Å². The van der Waals surface area contributed by atoms with E-state index in [1.807, 2.05) is 35.7 Å². The third-order valence-corrected chi connectivity index (χ3v) is 5.26. The number of aromatic nitrogens is 1. The molecule has 18 heavy (non-hydrogen) atoms. The molecule has 1 aliphatic rings. The van der Waals surface area contributed by atoms with Crippen LogP contribution in [-0.2, 0) is 0 Å². The Balaban J connectivity index is 2.22. The highest BCUT2D eigenvalue weighted by Crippen LogP contribution is 2.29. The number of nitrogens with zero attached hydrogens (tertiary/aromatic N) is 3. The van der Waals surface area contributed by atoms with Gasteiger partial charge in [0.05, 0.1) is 0 Å². The molecule has 0 bridgehead atoms. The molecule has 0 aromatic carbocycles. The van der Waals surface area contributed by atoms with Crippen LogP contribution in [0.5, 0.6) is 0 Å². The van der Waals surface area contributed by atoms with Gasteiger partial charge in [-0.1, -0.05) is 11.3 Å². The van der Waals surface area contributed by atoms with E-state index in [0.717, 1.165) is 23.2 Å². The Morgan fingerprint density at radius 3 is 2.83 bits per heavy atom. The molecule has 7 heteroatoms. The Kier molecular flexibility index (Phi) is 4.01. The maximum atomic E-state index is 12.5. The van der Waals surface area contributed by atoms with Gasteiger partial charge in [0.1, 0.15) is 10.7 Å². The van der Waals surface area contributed by atoms with E-state index in [1.165, 1.54) is 11.3 Å². The first-order chi connectivity index (χ1) is 8.50. The van der Waals surface area contributed by atoms with Gasteiger partial charge in [0.25, 0.3) is 5.91 Å². The van der Waals surface area contributed by atoms with Crippen molar-refractivity contribution < 1.29 is 4.79 Å². The number of nitrogens with two attached hydrogens (primary N) is 1. The molecule has 5 nitrogen and oxygen atoms in total. The standard InChI is InChI=1S/C11H18N4OS2/c1-7-6-17-5-4-15(7)10(16)8-9(12)13-11(18-8)14(2)3/h7H,4-6,12H2,1-3H3. The second-order valence-corrected chi connectivity index (χ2v) is 6.66. The Hall–Kier alpha value is -0.950. The lowest BCUT2D eigenvalue weighted by Crippen LogP contribution is -2.44. The van der Waals surface area contributed by atoms with E-state index < -0.39 is 0 Å². The SMILES string of the molecule is CC1CSCCN1C(=O)c1sc(N(C)C)nc1N. The first kappa shape index (κ1) is 13.5. The molecule has 1 unspecified atom stereocenters. The molecule has 0 aliphatic carbocycles. The zero-order valence-electron chi connectivity index (χ0n) is 10.8. The van der Waals surface area contributed by atoms with Gasteiger partial charge in [-0.05, 0) is 6.92 Å². The topological polar surface area (TPSA) is 62.5 Å². The van der Waals surface area contributed by atoms with E-state index in [0.29, 0.717) is 10.7 Å². The Morgan fingerprint density at radius 1 is 1.56 bits per heavy atom. The van der Waals surface area contributed by atoms with Crippen LogP contribution >= 0.6 is 23.1 Å². The largest absolute Gasteiger partial charge is 0.382 e. The normalized spacial score (nSPS) is 19.9. The first-order valence-corrected chi connectivity index (χ1v) is 7.80.